The number of hydrogen-bond acceptors (Lipinski definition) is 2. The highest BCUT2D eigenvalue weighted by Gasteiger charge is 2.16. The van der Waals surface area contributed by atoms with Crippen LogP contribution in [-0.2, 0) is 6.54 Å². The lowest BCUT2D eigenvalue weighted by molar-refractivity contribution is 0.205. The highest BCUT2D eigenvalue weighted by Crippen LogP contribution is 2.20. The van der Waals surface area contributed by atoms with E-state index >= 15 is 0 Å². The van der Waals surface area contributed by atoms with Crippen molar-refractivity contribution in [3.63, 3.8) is 0 Å². The van der Waals surface area contributed by atoms with Gasteiger partial charge in [-0.15, -0.1) is 0 Å². The summed E-state index contributed by atoms with van der Waals surface area (Å²) in [6.45, 7) is 7.63. The second-order valence-electron chi connectivity index (χ2n) is 6.05. The molecule has 2 rings (SSSR count). The van der Waals surface area contributed by atoms with Crippen LogP contribution < -0.4 is 5.73 Å². The van der Waals surface area contributed by atoms with Crippen LogP contribution in [0, 0.1) is 0 Å². The molecule has 1 aliphatic rings. The first-order chi connectivity index (χ1) is 9.20. The molecular weight excluding hydrogens is 232 g/mol. The van der Waals surface area contributed by atoms with Crippen LogP contribution in [0.4, 0.5) is 0 Å². The van der Waals surface area contributed by atoms with Crippen molar-refractivity contribution in [2.45, 2.75) is 58.0 Å². The van der Waals surface area contributed by atoms with Gasteiger partial charge in [-0.05, 0) is 49.9 Å². The Morgan fingerprint density at radius 2 is 1.95 bits per heavy atom. The predicted octanol–water partition coefficient (Wildman–Crippen LogP) is 3.51. The standard InChI is InChI=1S/C17H28N2/c1-14(12-18)17-9-7-16(8-10-17)13-19-11-5-3-4-6-15(19)2/h7-10,14-15H,3-6,11-13,18H2,1-2H3. The van der Waals surface area contributed by atoms with Crippen LogP contribution in [0.2, 0.25) is 0 Å². The molecule has 0 radical (unpaired) electrons. The van der Waals surface area contributed by atoms with Crippen molar-refractivity contribution < 1.29 is 0 Å². The summed E-state index contributed by atoms with van der Waals surface area (Å²) in [5.41, 5.74) is 8.51. The van der Waals surface area contributed by atoms with E-state index in [9.17, 15) is 0 Å². The second kappa shape index (κ2) is 7.06. The number of nitrogens with zero attached hydrogens (tertiary/aromatic N) is 1. The summed E-state index contributed by atoms with van der Waals surface area (Å²) in [5, 5.41) is 0. The van der Waals surface area contributed by atoms with E-state index in [0.29, 0.717) is 5.92 Å². The number of benzene rings is 1. The predicted molar refractivity (Wildman–Crippen MR) is 82.3 cm³/mol. The molecule has 1 saturated heterocycles. The van der Waals surface area contributed by atoms with Crippen molar-refractivity contribution in [2.24, 2.45) is 5.73 Å². The van der Waals surface area contributed by atoms with Crippen LogP contribution in [0.25, 0.3) is 0 Å². The van der Waals surface area contributed by atoms with Crippen LogP contribution in [0.15, 0.2) is 24.3 Å². The van der Waals surface area contributed by atoms with Crippen molar-refractivity contribution in [3.8, 4) is 0 Å². The first-order valence-electron chi connectivity index (χ1n) is 7.73. The maximum atomic E-state index is 5.72. The van der Waals surface area contributed by atoms with E-state index < -0.39 is 0 Å². The van der Waals surface area contributed by atoms with Gasteiger partial charge in [0.2, 0.25) is 0 Å². The number of nitrogens with two attached hydrogens (primary N) is 1. The lowest BCUT2D eigenvalue weighted by atomic mass is 10.00. The molecule has 2 heteroatoms. The minimum Gasteiger partial charge on any atom is -0.330 e. The van der Waals surface area contributed by atoms with E-state index in [2.05, 4.69) is 43.0 Å². The summed E-state index contributed by atoms with van der Waals surface area (Å²) in [6.07, 6.45) is 5.49. The highest BCUT2D eigenvalue weighted by molar-refractivity contribution is 5.25. The highest BCUT2D eigenvalue weighted by atomic mass is 15.1. The molecule has 0 aliphatic carbocycles. The Morgan fingerprint density at radius 1 is 1.21 bits per heavy atom. The molecule has 2 nitrogen and oxygen atoms in total. The zero-order valence-corrected chi connectivity index (χ0v) is 12.4. The summed E-state index contributed by atoms with van der Waals surface area (Å²) >= 11 is 0. The first kappa shape index (κ1) is 14.5. The second-order valence-corrected chi connectivity index (χ2v) is 6.05. The molecule has 106 valence electrons. The van der Waals surface area contributed by atoms with Crippen LogP contribution >= 0.6 is 0 Å². The van der Waals surface area contributed by atoms with Crippen LogP contribution in [0.5, 0.6) is 0 Å². The Labute approximate surface area is 118 Å². The zero-order valence-electron chi connectivity index (χ0n) is 12.4. The van der Waals surface area contributed by atoms with Gasteiger partial charge in [-0.1, -0.05) is 44.0 Å². The van der Waals surface area contributed by atoms with Crippen molar-refractivity contribution in [2.75, 3.05) is 13.1 Å². The van der Waals surface area contributed by atoms with E-state index in [1.54, 1.807) is 0 Å². The molecule has 2 unspecified atom stereocenters. The fourth-order valence-electron chi connectivity index (χ4n) is 2.89. The Kier molecular flexibility index (Phi) is 5.41. The molecule has 0 saturated carbocycles. The maximum absolute atomic E-state index is 5.72. The molecule has 1 heterocycles. The fraction of sp³-hybridized carbons (Fsp3) is 0.647. The molecule has 1 aromatic carbocycles. The van der Waals surface area contributed by atoms with E-state index in [1.807, 2.05) is 0 Å². The first-order valence-corrected chi connectivity index (χ1v) is 7.73. The van der Waals surface area contributed by atoms with E-state index in [0.717, 1.165) is 19.1 Å². The third-order valence-corrected chi connectivity index (χ3v) is 4.48. The summed E-state index contributed by atoms with van der Waals surface area (Å²) in [5.74, 6) is 0.464. The molecule has 1 aliphatic heterocycles. The van der Waals surface area contributed by atoms with Gasteiger partial charge in [-0.3, -0.25) is 4.90 Å². The average Bonchev–Trinajstić information content (AvgIpc) is 2.64. The Morgan fingerprint density at radius 3 is 2.63 bits per heavy atom. The summed E-state index contributed by atoms with van der Waals surface area (Å²) in [6, 6.07) is 9.77. The van der Waals surface area contributed by atoms with Gasteiger partial charge in [0.25, 0.3) is 0 Å². The maximum Gasteiger partial charge on any atom is 0.0236 e. The van der Waals surface area contributed by atoms with Crippen molar-refractivity contribution in [1.82, 2.24) is 4.90 Å². The molecule has 2 atom stereocenters. The average molecular weight is 260 g/mol. The number of rotatable bonds is 4. The van der Waals surface area contributed by atoms with Gasteiger partial charge in [-0.2, -0.15) is 0 Å². The van der Waals surface area contributed by atoms with E-state index in [1.165, 1.54) is 43.4 Å². The zero-order chi connectivity index (χ0) is 13.7. The van der Waals surface area contributed by atoms with Crippen molar-refractivity contribution in [3.05, 3.63) is 35.4 Å². The topological polar surface area (TPSA) is 29.3 Å². The third-order valence-electron chi connectivity index (χ3n) is 4.48. The molecule has 19 heavy (non-hydrogen) atoms. The van der Waals surface area contributed by atoms with Gasteiger partial charge < -0.3 is 5.73 Å². The Hall–Kier alpha value is -0.860. The number of hydrogen-bond donors (Lipinski definition) is 1. The van der Waals surface area contributed by atoms with Gasteiger partial charge in [-0.25, -0.2) is 0 Å². The molecule has 0 aromatic heterocycles. The fourth-order valence-corrected chi connectivity index (χ4v) is 2.89. The Balaban J connectivity index is 1.98. The SMILES string of the molecule is CC(CN)c1ccc(CN2CCCCCC2C)cc1. The minimum absolute atomic E-state index is 0.464. The molecule has 2 N–H and O–H groups in total. The lowest BCUT2D eigenvalue weighted by Crippen LogP contribution is -2.31. The normalized spacial score (nSPS) is 23.0. The monoisotopic (exact) mass is 260 g/mol. The smallest absolute Gasteiger partial charge is 0.0236 e. The summed E-state index contributed by atoms with van der Waals surface area (Å²) in [4.78, 5) is 2.63. The summed E-state index contributed by atoms with van der Waals surface area (Å²) in [7, 11) is 0. The minimum atomic E-state index is 0.464. The van der Waals surface area contributed by atoms with Gasteiger partial charge >= 0.3 is 0 Å². The quantitative estimate of drug-likeness (QED) is 0.897. The number of likely N-dealkylation sites (tertiary alicyclic amines) is 1. The van der Waals surface area contributed by atoms with Gasteiger partial charge in [0.05, 0.1) is 0 Å². The van der Waals surface area contributed by atoms with Gasteiger partial charge in [0.15, 0.2) is 0 Å². The summed E-state index contributed by atoms with van der Waals surface area (Å²) < 4.78 is 0. The third kappa shape index (κ3) is 4.05. The van der Waals surface area contributed by atoms with Gasteiger partial charge in [0, 0.05) is 12.6 Å². The molecule has 0 amide bonds. The largest absolute Gasteiger partial charge is 0.330 e. The molecular formula is C17H28N2. The molecule has 0 spiro atoms. The lowest BCUT2D eigenvalue weighted by Gasteiger charge is -2.27. The van der Waals surface area contributed by atoms with Gasteiger partial charge in [0.1, 0.15) is 0 Å². The van der Waals surface area contributed by atoms with E-state index in [4.69, 9.17) is 5.73 Å². The van der Waals surface area contributed by atoms with Crippen LogP contribution in [0.3, 0.4) is 0 Å². The van der Waals surface area contributed by atoms with E-state index in [-0.39, 0.29) is 0 Å². The van der Waals surface area contributed by atoms with Crippen LogP contribution in [-0.4, -0.2) is 24.0 Å². The van der Waals surface area contributed by atoms with Crippen LogP contribution in [0.1, 0.15) is 56.6 Å². The van der Waals surface area contributed by atoms with Crippen molar-refractivity contribution >= 4 is 0 Å². The Bertz CT molecular complexity index is 371. The molecule has 0 bridgehead atoms. The van der Waals surface area contributed by atoms with Crippen molar-refractivity contribution in [1.29, 1.82) is 0 Å². The molecule has 1 aromatic rings. The molecule has 1 fully saturated rings.